The topological polar surface area (TPSA) is 55.1 Å². The van der Waals surface area contributed by atoms with E-state index in [4.69, 9.17) is 5.73 Å². The largest absolute Gasteiger partial charge is 0.368 e. The van der Waals surface area contributed by atoms with Crippen LogP contribution >= 0.6 is 0 Å². The van der Waals surface area contributed by atoms with Crippen molar-refractivity contribution in [3.63, 3.8) is 0 Å². The van der Waals surface area contributed by atoms with Gasteiger partial charge >= 0.3 is 0 Å². The Morgan fingerprint density at radius 3 is 2.18 bits per heavy atom. The number of carbonyl (C=O) groups is 1. The second-order valence-corrected chi connectivity index (χ2v) is 7.77. The molecule has 1 amide bonds. The van der Waals surface area contributed by atoms with Crippen LogP contribution in [0.2, 0.25) is 0 Å². The summed E-state index contributed by atoms with van der Waals surface area (Å²) >= 11 is 0. The molecule has 3 nitrogen and oxygen atoms in total. The van der Waals surface area contributed by atoms with Crippen molar-refractivity contribution < 1.29 is 4.79 Å². The molecular weight excluding hydrogens is 272 g/mol. The molecule has 0 spiro atoms. The highest BCUT2D eigenvalue weighted by Crippen LogP contribution is 2.53. The van der Waals surface area contributed by atoms with Gasteiger partial charge in [-0.1, -0.05) is 30.3 Å². The molecule has 0 radical (unpaired) electrons. The molecular formula is C19H26N2O. The molecule has 0 aliphatic heterocycles. The lowest BCUT2D eigenvalue weighted by molar-refractivity contribution is -0.121. The number of nitrogens with two attached hydrogens (primary N) is 1. The van der Waals surface area contributed by atoms with Gasteiger partial charge in [0.2, 0.25) is 5.91 Å². The van der Waals surface area contributed by atoms with E-state index in [-0.39, 0.29) is 11.9 Å². The van der Waals surface area contributed by atoms with Crippen molar-refractivity contribution in [2.24, 2.45) is 29.4 Å². The first-order chi connectivity index (χ1) is 10.7. The second kappa shape index (κ2) is 5.69. The molecule has 0 unspecified atom stereocenters. The van der Waals surface area contributed by atoms with E-state index < -0.39 is 0 Å². The van der Waals surface area contributed by atoms with Crippen molar-refractivity contribution in [3.8, 4) is 0 Å². The summed E-state index contributed by atoms with van der Waals surface area (Å²) in [6.07, 6.45) is 7.62. The summed E-state index contributed by atoms with van der Waals surface area (Å²) < 4.78 is 0. The maximum absolute atomic E-state index is 11.9. The van der Waals surface area contributed by atoms with E-state index in [1.54, 1.807) is 0 Å². The number of hydrogen-bond acceptors (Lipinski definition) is 2. The zero-order valence-corrected chi connectivity index (χ0v) is 13.1. The van der Waals surface area contributed by atoms with Crippen LogP contribution in [-0.2, 0) is 11.2 Å². The number of benzene rings is 1. The van der Waals surface area contributed by atoms with Crippen LogP contribution in [-0.4, -0.2) is 18.0 Å². The minimum absolute atomic E-state index is 0.211. The molecule has 4 bridgehead atoms. The third-order valence-electron chi connectivity index (χ3n) is 6.25. The Kier molecular flexibility index (Phi) is 3.69. The fourth-order valence-electron chi connectivity index (χ4n) is 5.52. The van der Waals surface area contributed by atoms with Gasteiger partial charge in [-0.3, -0.25) is 4.79 Å². The van der Waals surface area contributed by atoms with Gasteiger partial charge in [0, 0.05) is 6.04 Å². The lowest BCUT2D eigenvalue weighted by Crippen LogP contribution is -2.59. The second-order valence-electron chi connectivity index (χ2n) is 7.77. The van der Waals surface area contributed by atoms with Gasteiger partial charge in [0.05, 0.1) is 6.04 Å². The van der Waals surface area contributed by atoms with Gasteiger partial charge in [0.15, 0.2) is 0 Å². The summed E-state index contributed by atoms with van der Waals surface area (Å²) in [6.45, 7) is 0. The molecule has 3 N–H and O–H groups in total. The van der Waals surface area contributed by atoms with E-state index in [1.807, 2.05) is 18.2 Å². The molecule has 3 heteroatoms. The molecule has 4 saturated carbocycles. The van der Waals surface area contributed by atoms with E-state index in [0.29, 0.717) is 12.5 Å². The lowest BCUT2D eigenvalue weighted by Gasteiger charge is -2.55. The molecule has 1 aromatic rings. The fourth-order valence-corrected chi connectivity index (χ4v) is 5.52. The number of rotatable bonds is 5. The maximum atomic E-state index is 11.9. The van der Waals surface area contributed by atoms with E-state index in [9.17, 15) is 4.79 Å². The first-order valence-corrected chi connectivity index (χ1v) is 8.78. The van der Waals surface area contributed by atoms with Crippen LogP contribution in [0.4, 0.5) is 0 Å². The minimum Gasteiger partial charge on any atom is -0.368 e. The van der Waals surface area contributed by atoms with Gasteiger partial charge < -0.3 is 11.1 Å². The predicted octanol–water partition coefficient (Wildman–Crippen LogP) is 2.50. The third-order valence-corrected chi connectivity index (χ3v) is 6.25. The predicted molar refractivity (Wildman–Crippen MR) is 87.1 cm³/mol. The Hall–Kier alpha value is -1.35. The average molecular weight is 298 g/mol. The fraction of sp³-hybridized carbons (Fsp3) is 0.632. The molecule has 22 heavy (non-hydrogen) atoms. The molecule has 0 aromatic heterocycles. The smallest absolute Gasteiger partial charge is 0.234 e. The molecule has 118 valence electrons. The normalized spacial score (nSPS) is 37.2. The van der Waals surface area contributed by atoms with Crippen molar-refractivity contribution in [1.82, 2.24) is 5.32 Å². The van der Waals surface area contributed by atoms with Crippen molar-refractivity contribution in [3.05, 3.63) is 35.9 Å². The number of primary amides is 1. The molecule has 0 saturated heterocycles. The molecule has 4 aliphatic carbocycles. The Labute approximate surface area is 132 Å². The van der Waals surface area contributed by atoms with Crippen LogP contribution in [0.5, 0.6) is 0 Å². The zero-order valence-electron chi connectivity index (χ0n) is 13.1. The minimum atomic E-state index is -0.232. The van der Waals surface area contributed by atoms with Gasteiger partial charge in [0.1, 0.15) is 0 Å². The lowest BCUT2D eigenvalue weighted by atomic mass is 9.54. The van der Waals surface area contributed by atoms with Crippen LogP contribution in [0.25, 0.3) is 0 Å². The highest BCUT2D eigenvalue weighted by atomic mass is 16.1. The van der Waals surface area contributed by atoms with Crippen LogP contribution in [0.15, 0.2) is 30.3 Å². The third kappa shape index (κ3) is 2.67. The Morgan fingerprint density at radius 2 is 1.64 bits per heavy atom. The summed E-state index contributed by atoms with van der Waals surface area (Å²) in [4.78, 5) is 11.9. The van der Waals surface area contributed by atoms with Gasteiger partial charge in [0.25, 0.3) is 0 Å². The maximum Gasteiger partial charge on any atom is 0.234 e. The summed E-state index contributed by atoms with van der Waals surface area (Å²) in [5, 5.41) is 3.67. The average Bonchev–Trinajstić information content (AvgIpc) is 2.50. The number of amides is 1. The van der Waals surface area contributed by atoms with Crippen molar-refractivity contribution in [2.45, 2.75) is 50.6 Å². The number of nitrogens with one attached hydrogen (secondary N) is 1. The van der Waals surface area contributed by atoms with Gasteiger partial charge in [-0.25, -0.2) is 0 Å². The molecule has 1 aromatic carbocycles. The summed E-state index contributed by atoms with van der Waals surface area (Å²) in [6, 6.07) is 10.5. The molecule has 4 fully saturated rings. The number of hydrogen-bond donors (Lipinski definition) is 2. The SMILES string of the molecule is NC(=O)[C@H](Cc1ccccc1)NC1C2CC3CC(C2)CC1C3. The summed E-state index contributed by atoms with van der Waals surface area (Å²) in [5.74, 6) is 3.25. The highest BCUT2D eigenvalue weighted by Gasteiger charge is 2.48. The van der Waals surface area contributed by atoms with Gasteiger partial charge in [-0.2, -0.15) is 0 Å². The first kappa shape index (κ1) is 14.3. The van der Waals surface area contributed by atoms with Crippen molar-refractivity contribution in [2.75, 3.05) is 0 Å². The molecule has 1 atom stereocenters. The van der Waals surface area contributed by atoms with Crippen LogP contribution in [0, 0.1) is 23.7 Å². The summed E-state index contributed by atoms with van der Waals surface area (Å²) in [7, 11) is 0. The van der Waals surface area contributed by atoms with Crippen molar-refractivity contribution >= 4 is 5.91 Å². The standard InChI is InChI=1S/C19H26N2O/c20-19(22)17(11-12-4-2-1-3-5-12)21-18-15-7-13-6-14(9-15)10-16(18)8-13/h1-5,13-18,21H,6-11H2,(H2,20,22)/t13?,14?,15?,16?,17-,18?/m0/s1. The Morgan fingerprint density at radius 1 is 1.05 bits per heavy atom. The van der Waals surface area contributed by atoms with E-state index >= 15 is 0 Å². The molecule has 4 aliphatic rings. The quantitative estimate of drug-likeness (QED) is 0.877. The van der Waals surface area contributed by atoms with E-state index in [0.717, 1.165) is 23.7 Å². The van der Waals surface area contributed by atoms with E-state index in [1.165, 1.54) is 37.7 Å². The van der Waals surface area contributed by atoms with Crippen LogP contribution < -0.4 is 11.1 Å². The monoisotopic (exact) mass is 298 g/mol. The van der Waals surface area contributed by atoms with Gasteiger partial charge in [-0.05, 0) is 67.8 Å². The molecule has 0 heterocycles. The van der Waals surface area contributed by atoms with Crippen molar-refractivity contribution in [1.29, 1.82) is 0 Å². The Balaban J connectivity index is 1.47. The first-order valence-electron chi connectivity index (χ1n) is 8.78. The van der Waals surface area contributed by atoms with Crippen LogP contribution in [0.3, 0.4) is 0 Å². The summed E-state index contributed by atoms with van der Waals surface area (Å²) in [5.41, 5.74) is 6.87. The number of carbonyl (C=O) groups excluding carboxylic acids is 1. The molecule has 5 rings (SSSR count). The zero-order chi connectivity index (χ0) is 15.1. The van der Waals surface area contributed by atoms with E-state index in [2.05, 4.69) is 17.4 Å². The van der Waals surface area contributed by atoms with Gasteiger partial charge in [-0.15, -0.1) is 0 Å². The van der Waals surface area contributed by atoms with Crippen LogP contribution in [0.1, 0.15) is 37.7 Å². The highest BCUT2D eigenvalue weighted by molar-refractivity contribution is 5.80. The Bertz CT molecular complexity index is 514.